The van der Waals surface area contributed by atoms with Gasteiger partial charge in [-0.25, -0.2) is 9.59 Å². The molecule has 0 aliphatic carbocycles. The van der Waals surface area contributed by atoms with E-state index in [1.54, 1.807) is 12.1 Å². The molecule has 0 radical (unpaired) electrons. The molecule has 0 aliphatic heterocycles. The molecule has 0 unspecified atom stereocenters. The molecule has 0 aliphatic rings. The first kappa shape index (κ1) is 17.0. The summed E-state index contributed by atoms with van der Waals surface area (Å²) in [5.41, 5.74) is 6.58. The fraction of sp³-hybridized carbons (Fsp3) is 0.118. The van der Waals surface area contributed by atoms with E-state index >= 15 is 0 Å². The predicted octanol–water partition coefficient (Wildman–Crippen LogP) is 2.48. The third-order valence-corrected chi connectivity index (χ3v) is 3.27. The number of nitrogen functional groups attached to an aromatic ring is 1. The van der Waals surface area contributed by atoms with Crippen LogP contribution >= 0.6 is 0 Å². The summed E-state index contributed by atoms with van der Waals surface area (Å²) in [7, 11) is 0. The molecular weight excluding hydrogens is 312 g/mol. The number of carbonyl (C=O) groups is 1. The lowest BCUT2D eigenvalue weighted by atomic mass is 10.1. The number of aromatic carboxylic acids is 1. The number of benzene rings is 1. The quantitative estimate of drug-likeness (QED) is 0.586. The predicted molar refractivity (Wildman–Crippen MR) is 89.2 cm³/mol. The van der Waals surface area contributed by atoms with E-state index in [9.17, 15) is 14.7 Å². The van der Waals surface area contributed by atoms with Gasteiger partial charge in [0.05, 0.1) is 16.8 Å². The summed E-state index contributed by atoms with van der Waals surface area (Å²) in [6.07, 6.45) is 0. The van der Waals surface area contributed by atoms with Gasteiger partial charge in [0.2, 0.25) is 0 Å². The van der Waals surface area contributed by atoms with E-state index in [4.69, 9.17) is 15.3 Å². The van der Waals surface area contributed by atoms with Crippen molar-refractivity contribution in [1.82, 2.24) is 4.98 Å². The highest BCUT2D eigenvalue weighted by Crippen LogP contribution is 2.25. The van der Waals surface area contributed by atoms with Crippen LogP contribution in [0.1, 0.15) is 21.7 Å². The lowest BCUT2D eigenvalue weighted by molar-refractivity contribution is 0.0689. The third kappa shape index (κ3) is 3.52. The van der Waals surface area contributed by atoms with E-state index in [1.807, 2.05) is 26.0 Å². The van der Waals surface area contributed by atoms with Crippen LogP contribution in [0, 0.1) is 13.8 Å². The zero-order valence-electron chi connectivity index (χ0n) is 13.1. The Hall–Kier alpha value is -3.35. The minimum absolute atomic E-state index is 0.157. The molecule has 124 valence electrons. The number of rotatable bonds is 1. The highest BCUT2D eigenvalue weighted by molar-refractivity contribution is 5.97. The Morgan fingerprint density at radius 2 is 1.83 bits per heavy atom. The van der Waals surface area contributed by atoms with Gasteiger partial charge in [-0.05, 0) is 38.1 Å². The molecule has 0 spiro atoms. The lowest BCUT2D eigenvalue weighted by Gasteiger charge is -2.01. The van der Waals surface area contributed by atoms with Crippen molar-refractivity contribution in [1.29, 1.82) is 0 Å². The number of fused-ring (bicyclic) bond motifs is 1. The fourth-order valence-corrected chi connectivity index (χ4v) is 2.02. The summed E-state index contributed by atoms with van der Waals surface area (Å²) in [6.45, 7) is 3.86. The number of hydrogen-bond donors (Lipinski definition) is 3. The van der Waals surface area contributed by atoms with E-state index in [0.29, 0.717) is 0 Å². The Kier molecular flexibility index (Phi) is 4.84. The first-order chi connectivity index (χ1) is 11.3. The molecule has 0 atom stereocenters. The monoisotopic (exact) mass is 328 g/mol. The van der Waals surface area contributed by atoms with Gasteiger partial charge in [0, 0.05) is 5.69 Å². The number of aromatic nitrogens is 1. The Balaban J connectivity index is 0.000000198. The first-order valence-corrected chi connectivity index (χ1v) is 6.99. The Labute approximate surface area is 137 Å². The van der Waals surface area contributed by atoms with Crippen molar-refractivity contribution in [3.05, 3.63) is 63.8 Å². The average Bonchev–Trinajstić information content (AvgIpc) is 2.51. The molecule has 2 heterocycles. The largest absolute Gasteiger partial charge is 0.506 e. The number of nitrogens with two attached hydrogens (primary N) is 1. The molecule has 1 aromatic carbocycles. The van der Waals surface area contributed by atoms with Crippen molar-refractivity contribution in [3.63, 3.8) is 0 Å². The number of aromatic hydroxyl groups is 1. The minimum atomic E-state index is -1.51. The van der Waals surface area contributed by atoms with Gasteiger partial charge >= 0.3 is 11.6 Å². The molecule has 7 heteroatoms. The molecule has 24 heavy (non-hydrogen) atoms. The molecule has 7 nitrogen and oxygen atoms in total. The maximum atomic E-state index is 11.2. The second kappa shape index (κ2) is 6.82. The topological polar surface area (TPSA) is 127 Å². The second-order valence-electron chi connectivity index (χ2n) is 5.04. The first-order valence-electron chi connectivity index (χ1n) is 6.99. The van der Waals surface area contributed by atoms with Gasteiger partial charge in [0.1, 0.15) is 11.3 Å². The van der Waals surface area contributed by atoms with Crippen LogP contribution in [0.15, 0.2) is 45.6 Å². The van der Waals surface area contributed by atoms with Crippen molar-refractivity contribution in [2.75, 3.05) is 5.73 Å². The molecule has 0 saturated heterocycles. The van der Waals surface area contributed by atoms with Gasteiger partial charge in [0.15, 0.2) is 5.56 Å². The van der Waals surface area contributed by atoms with Crippen LogP contribution in [0.3, 0.4) is 0 Å². The molecule has 0 saturated carbocycles. The van der Waals surface area contributed by atoms with Gasteiger partial charge in [0.25, 0.3) is 0 Å². The van der Waals surface area contributed by atoms with Crippen LogP contribution in [-0.2, 0) is 0 Å². The number of carboxylic acid groups (broad SMARTS) is 1. The van der Waals surface area contributed by atoms with Crippen LogP contribution in [0.2, 0.25) is 0 Å². The van der Waals surface area contributed by atoms with E-state index in [0.717, 1.165) is 17.1 Å². The Morgan fingerprint density at radius 3 is 2.42 bits per heavy atom. The molecule has 3 aromatic rings. The number of nitrogens with zero attached hydrogens (tertiary/aromatic N) is 1. The highest BCUT2D eigenvalue weighted by atomic mass is 16.4. The SMILES string of the molecule is Cc1ccc(N)c(C)n1.O=C(O)c1c(O)c2ccccc2oc1=O. The third-order valence-electron chi connectivity index (χ3n) is 3.27. The number of hydrogen-bond acceptors (Lipinski definition) is 6. The van der Waals surface area contributed by atoms with Crippen molar-refractivity contribution < 1.29 is 19.4 Å². The summed E-state index contributed by atoms with van der Waals surface area (Å²) < 4.78 is 4.74. The van der Waals surface area contributed by atoms with Crippen molar-refractivity contribution in [3.8, 4) is 5.75 Å². The maximum absolute atomic E-state index is 11.2. The van der Waals surface area contributed by atoms with Crippen LogP contribution in [0.4, 0.5) is 5.69 Å². The maximum Gasteiger partial charge on any atom is 0.354 e. The van der Waals surface area contributed by atoms with Gasteiger partial charge < -0.3 is 20.4 Å². The van der Waals surface area contributed by atoms with Gasteiger partial charge in [-0.2, -0.15) is 0 Å². The second-order valence-corrected chi connectivity index (χ2v) is 5.04. The van der Waals surface area contributed by atoms with Crippen molar-refractivity contribution >= 4 is 22.6 Å². The Bertz CT molecular complexity index is 963. The van der Waals surface area contributed by atoms with Crippen LogP contribution in [0.25, 0.3) is 11.0 Å². The smallest absolute Gasteiger partial charge is 0.354 e. The van der Waals surface area contributed by atoms with Crippen LogP contribution in [0.5, 0.6) is 5.75 Å². The van der Waals surface area contributed by atoms with Gasteiger partial charge in [-0.15, -0.1) is 0 Å². The van der Waals surface area contributed by atoms with Crippen LogP contribution in [-0.4, -0.2) is 21.2 Å². The molecular formula is C17H16N2O5. The fourth-order valence-electron chi connectivity index (χ4n) is 2.02. The number of pyridine rings is 1. The molecule has 4 N–H and O–H groups in total. The van der Waals surface area contributed by atoms with Crippen LogP contribution < -0.4 is 11.4 Å². The molecule has 3 rings (SSSR count). The summed E-state index contributed by atoms with van der Waals surface area (Å²) in [6, 6.07) is 9.95. The normalized spacial score (nSPS) is 10.1. The Morgan fingerprint density at radius 1 is 1.17 bits per heavy atom. The van der Waals surface area contributed by atoms with Crippen molar-refractivity contribution in [2.45, 2.75) is 13.8 Å². The van der Waals surface area contributed by atoms with Gasteiger partial charge in [-0.3, -0.25) is 4.98 Å². The zero-order chi connectivity index (χ0) is 17.9. The number of para-hydroxylation sites is 1. The van der Waals surface area contributed by atoms with Crippen molar-refractivity contribution in [2.24, 2.45) is 0 Å². The lowest BCUT2D eigenvalue weighted by Crippen LogP contribution is -2.13. The number of anilines is 1. The molecule has 0 amide bonds. The zero-order valence-corrected chi connectivity index (χ0v) is 13.1. The van der Waals surface area contributed by atoms with E-state index in [2.05, 4.69) is 4.98 Å². The summed E-state index contributed by atoms with van der Waals surface area (Å²) in [5, 5.41) is 18.4. The summed E-state index contributed by atoms with van der Waals surface area (Å²) in [5.74, 6) is -2.07. The standard InChI is InChI=1S/C10H6O5.C7H10N2/c11-8-5-3-1-2-4-6(5)15-10(14)7(8)9(12)13;1-5-3-4-7(8)6(2)9-5/h1-4,11H,(H,12,13);3-4H,8H2,1-2H3. The molecule has 0 fully saturated rings. The number of aryl methyl sites for hydroxylation is 2. The average molecular weight is 328 g/mol. The van der Waals surface area contributed by atoms with E-state index in [-0.39, 0.29) is 11.0 Å². The highest BCUT2D eigenvalue weighted by Gasteiger charge is 2.19. The summed E-state index contributed by atoms with van der Waals surface area (Å²) in [4.78, 5) is 26.0. The van der Waals surface area contributed by atoms with E-state index < -0.39 is 22.9 Å². The molecule has 2 aromatic heterocycles. The minimum Gasteiger partial charge on any atom is -0.506 e. The molecule has 0 bridgehead atoms. The summed E-state index contributed by atoms with van der Waals surface area (Å²) >= 11 is 0. The van der Waals surface area contributed by atoms with Gasteiger partial charge in [-0.1, -0.05) is 12.1 Å². The van der Waals surface area contributed by atoms with E-state index in [1.165, 1.54) is 12.1 Å². The number of carboxylic acids is 1.